The molecule has 2 N–H and O–H groups in total. The molecule has 8 nitrogen and oxygen atoms in total. The molecule has 1 spiro atoms. The molecule has 3 aromatic rings. The van der Waals surface area contributed by atoms with Crippen LogP contribution in [-0.4, -0.2) is 56.2 Å². The zero-order valence-electron chi connectivity index (χ0n) is 14.6. The van der Waals surface area contributed by atoms with E-state index in [0.29, 0.717) is 28.4 Å². The molecule has 26 heavy (non-hydrogen) atoms. The van der Waals surface area contributed by atoms with Crippen LogP contribution in [0.3, 0.4) is 0 Å². The van der Waals surface area contributed by atoms with E-state index in [2.05, 4.69) is 42.0 Å². The quantitative estimate of drug-likeness (QED) is 0.723. The lowest BCUT2D eigenvalue weighted by atomic mass is 9.92. The number of fused-ring (bicyclic) bond motifs is 1. The SMILES string of the molecule is CN(Cc1nccs1)C1CC12CCN(c1nc3[nH]ncc3c(=O)[nH]1)CC2. The van der Waals surface area contributed by atoms with Gasteiger partial charge in [0, 0.05) is 30.7 Å². The first kappa shape index (κ1) is 16.0. The Morgan fingerprint density at radius 1 is 1.42 bits per heavy atom. The minimum atomic E-state index is -0.133. The van der Waals surface area contributed by atoms with Gasteiger partial charge in [0.2, 0.25) is 5.95 Å². The molecule has 5 rings (SSSR count). The summed E-state index contributed by atoms with van der Waals surface area (Å²) >= 11 is 1.72. The summed E-state index contributed by atoms with van der Waals surface area (Å²) in [5.41, 5.74) is 0.837. The summed E-state index contributed by atoms with van der Waals surface area (Å²) in [5, 5.41) is 10.4. The van der Waals surface area contributed by atoms with Crippen LogP contribution >= 0.6 is 11.3 Å². The van der Waals surface area contributed by atoms with Crippen LogP contribution in [0, 0.1) is 5.41 Å². The van der Waals surface area contributed by atoms with Crippen molar-refractivity contribution in [3.8, 4) is 0 Å². The number of piperidine rings is 1. The molecule has 0 aromatic carbocycles. The van der Waals surface area contributed by atoms with Crippen LogP contribution in [0.5, 0.6) is 0 Å². The first-order valence-electron chi connectivity index (χ1n) is 8.92. The Bertz CT molecular complexity index is 971. The molecule has 1 aliphatic carbocycles. The summed E-state index contributed by atoms with van der Waals surface area (Å²) in [5.74, 6) is 0.648. The van der Waals surface area contributed by atoms with Crippen molar-refractivity contribution in [2.75, 3.05) is 25.0 Å². The topological polar surface area (TPSA) is 93.8 Å². The van der Waals surface area contributed by atoms with Gasteiger partial charge in [0.25, 0.3) is 5.56 Å². The zero-order chi connectivity index (χ0) is 17.7. The Balaban J connectivity index is 1.25. The van der Waals surface area contributed by atoms with Gasteiger partial charge < -0.3 is 4.90 Å². The average Bonchev–Trinajstić information content (AvgIpc) is 3.02. The fourth-order valence-electron chi connectivity index (χ4n) is 4.29. The van der Waals surface area contributed by atoms with Crippen LogP contribution in [0.25, 0.3) is 11.0 Å². The molecular formula is C17H21N7OS. The third-order valence-corrected chi connectivity index (χ3v) is 6.68. The number of anilines is 1. The minimum Gasteiger partial charge on any atom is -0.342 e. The van der Waals surface area contributed by atoms with Crippen molar-refractivity contribution in [3.63, 3.8) is 0 Å². The van der Waals surface area contributed by atoms with E-state index in [1.54, 1.807) is 11.3 Å². The smallest absolute Gasteiger partial charge is 0.263 e. The first-order chi connectivity index (χ1) is 12.6. The summed E-state index contributed by atoms with van der Waals surface area (Å²) in [6, 6.07) is 0.635. The van der Waals surface area contributed by atoms with Gasteiger partial charge in [-0.05, 0) is 31.7 Å². The summed E-state index contributed by atoms with van der Waals surface area (Å²) < 4.78 is 0. The maximum Gasteiger partial charge on any atom is 0.263 e. The largest absolute Gasteiger partial charge is 0.342 e. The number of hydrogen-bond acceptors (Lipinski definition) is 7. The predicted octanol–water partition coefficient (Wildman–Crippen LogP) is 1.59. The van der Waals surface area contributed by atoms with E-state index in [-0.39, 0.29) is 5.56 Å². The van der Waals surface area contributed by atoms with Gasteiger partial charge in [-0.1, -0.05) is 0 Å². The maximum atomic E-state index is 12.1. The lowest BCUT2D eigenvalue weighted by Gasteiger charge is -2.34. The van der Waals surface area contributed by atoms with Gasteiger partial charge >= 0.3 is 0 Å². The highest BCUT2D eigenvalue weighted by Gasteiger charge is 2.56. The lowest BCUT2D eigenvalue weighted by Crippen LogP contribution is -2.39. The van der Waals surface area contributed by atoms with Crippen molar-refractivity contribution in [3.05, 3.63) is 33.1 Å². The second-order valence-corrected chi connectivity index (χ2v) is 8.41. The van der Waals surface area contributed by atoms with E-state index in [9.17, 15) is 4.79 Å². The Morgan fingerprint density at radius 3 is 3.04 bits per heavy atom. The van der Waals surface area contributed by atoms with E-state index in [0.717, 1.165) is 32.5 Å². The summed E-state index contributed by atoms with van der Waals surface area (Å²) in [7, 11) is 2.21. The minimum absolute atomic E-state index is 0.133. The molecule has 1 atom stereocenters. The molecule has 1 saturated heterocycles. The van der Waals surface area contributed by atoms with Gasteiger partial charge in [-0.3, -0.25) is 19.8 Å². The molecule has 9 heteroatoms. The van der Waals surface area contributed by atoms with Gasteiger partial charge in [-0.15, -0.1) is 11.3 Å². The Labute approximate surface area is 154 Å². The van der Waals surface area contributed by atoms with Crippen molar-refractivity contribution >= 4 is 28.3 Å². The van der Waals surface area contributed by atoms with Crippen LogP contribution < -0.4 is 10.5 Å². The van der Waals surface area contributed by atoms with E-state index in [4.69, 9.17) is 0 Å². The van der Waals surface area contributed by atoms with Crippen molar-refractivity contribution in [2.45, 2.75) is 31.8 Å². The average molecular weight is 371 g/mol. The van der Waals surface area contributed by atoms with Gasteiger partial charge in [0.1, 0.15) is 10.4 Å². The zero-order valence-corrected chi connectivity index (χ0v) is 15.4. The third-order valence-electron chi connectivity index (χ3n) is 5.91. The van der Waals surface area contributed by atoms with Crippen molar-refractivity contribution < 1.29 is 0 Å². The van der Waals surface area contributed by atoms with E-state index < -0.39 is 0 Å². The fraction of sp³-hybridized carbons (Fsp3) is 0.529. The molecule has 1 saturated carbocycles. The van der Waals surface area contributed by atoms with Crippen molar-refractivity contribution in [2.24, 2.45) is 5.41 Å². The second kappa shape index (κ2) is 5.88. The maximum absolute atomic E-state index is 12.1. The van der Waals surface area contributed by atoms with Gasteiger partial charge in [0.05, 0.1) is 12.7 Å². The highest BCUT2D eigenvalue weighted by atomic mass is 32.1. The summed E-state index contributed by atoms with van der Waals surface area (Å²) in [4.78, 5) is 28.6. The molecule has 4 heterocycles. The number of nitrogens with one attached hydrogen (secondary N) is 2. The second-order valence-electron chi connectivity index (χ2n) is 7.43. The lowest BCUT2D eigenvalue weighted by molar-refractivity contribution is 0.238. The number of aromatic amines is 2. The molecular weight excluding hydrogens is 350 g/mol. The molecule has 0 bridgehead atoms. The van der Waals surface area contributed by atoms with Crippen molar-refractivity contribution in [1.82, 2.24) is 30.0 Å². The molecule has 2 fully saturated rings. The van der Waals surface area contributed by atoms with Crippen LogP contribution in [-0.2, 0) is 6.54 Å². The van der Waals surface area contributed by atoms with Gasteiger partial charge in [-0.25, -0.2) is 4.98 Å². The number of aromatic nitrogens is 5. The monoisotopic (exact) mass is 371 g/mol. The number of H-pyrrole nitrogens is 2. The van der Waals surface area contributed by atoms with E-state index >= 15 is 0 Å². The van der Waals surface area contributed by atoms with Gasteiger partial charge in [0.15, 0.2) is 5.65 Å². The van der Waals surface area contributed by atoms with Crippen LogP contribution in [0.2, 0.25) is 0 Å². The highest BCUT2D eigenvalue weighted by Crippen LogP contribution is 2.56. The van der Waals surface area contributed by atoms with Crippen LogP contribution in [0.1, 0.15) is 24.3 Å². The number of hydrogen-bond donors (Lipinski definition) is 2. The Morgan fingerprint density at radius 2 is 2.27 bits per heavy atom. The van der Waals surface area contributed by atoms with Crippen LogP contribution in [0.4, 0.5) is 5.95 Å². The molecule has 0 radical (unpaired) electrons. The molecule has 0 amide bonds. The van der Waals surface area contributed by atoms with Gasteiger partial charge in [-0.2, -0.15) is 10.1 Å². The molecule has 2 aliphatic rings. The van der Waals surface area contributed by atoms with E-state index in [1.807, 2.05) is 11.6 Å². The molecule has 1 unspecified atom stereocenters. The van der Waals surface area contributed by atoms with Crippen molar-refractivity contribution in [1.29, 1.82) is 0 Å². The first-order valence-corrected chi connectivity index (χ1v) is 9.80. The highest BCUT2D eigenvalue weighted by molar-refractivity contribution is 7.09. The standard InChI is InChI=1S/C17H21N7OS/c1-23(10-13-18-4-7-26-13)12-8-17(12)2-5-24(6-3-17)16-20-14-11(9-19-22-14)15(25)21-16/h4,7,9,12H,2-3,5-6,8,10H2,1H3,(H2,19,20,21,22,25). The number of thiazole rings is 1. The van der Waals surface area contributed by atoms with Crippen LogP contribution in [0.15, 0.2) is 22.6 Å². The molecule has 1 aliphatic heterocycles. The predicted molar refractivity (Wildman–Crippen MR) is 100 cm³/mol. The molecule has 136 valence electrons. The fourth-order valence-corrected chi connectivity index (χ4v) is 4.97. The van der Waals surface area contributed by atoms with E-state index in [1.165, 1.54) is 17.6 Å². The molecule has 3 aromatic heterocycles. The normalized spacial score (nSPS) is 21.8. The Kier molecular flexibility index (Phi) is 3.61. The summed E-state index contributed by atoms with van der Waals surface area (Å²) in [6.45, 7) is 2.77. The number of rotatable bonds is 4. The number of nitrogens with zero attached hydrogens (tertiary/aromatic N) is 5. The third kappa shape index (κ3) is 2.62. The summed E-state index contributed by atoms with van der Waals surface area (Å²) in [6.07, 6.45) is 6.91. The Hall–Kier alpha value is -2.26.